The van der Waals surface area contributed by atoms with Crippen molar-refractivity contribution in [3.63, 3.8) is 0 Å². The molecular weight excluding hydrogens is 240 g/mol. The Morgan fingerprint density at radius 2 is 2.17 bits per heavy atom. The highest BCUT2D eigenvalue weighted by Gasteiger charge is 2.21. The van der Waals surface area contributed by atoms with Gasteiger partial charge in [0.2, 0.25) is 0 Å². The second kappa shape index (κ2) is 6.60. The summed E-state index contributed by atoms with van der Waals surface area (Å²) >= 11 is 1.99. The molecule has 0 aromatic heterocycles. The maximum Gasteiger partial charge on any atom is 0.0108 e. The molecular formula is C15H24N2S. The lowest BCUT2D eigenvalue weighted by Gasteiger charge is -2.21. The van der Waals surface area contributed by atoms with Gasteiger partial charge in [-0.25, -0.2) is 0 Å². The fourth-order valence-corrected chi connectivity index (χ4v) is 3.44. The van der Waals surface area contributed by atoms with E-state index in [2.05, 4.69) is 55.4 Å². The summed E-state index contributed by atoms with van der Waals surface area (Å²) in [6.07, 6.45) is 0. The highest BCUT2D eigenvalue weighted by atomic mass is 32.2. The van der Waals surface area contributed by atoms with Gasteiger partial charge in [0, 0.05) is 42.2 Å². The maximum atomic E-state index is 3.60. The summed E-state index contributed by atoms with van der Waals surface area (Å²) in [4.78, 5) is 3.85. The van der Waals surface area contributed by atoms with Crippen LogP contribution in [0.25, 0.3) is 0 Å². The Morgan fingerprint density at radius 1 is 1.39 bits per heavy atom. The summed E-state index contributed by atoms with van der Waals surface area (Å²) in [6.45, 7) is 7.79. The Bertz CT molecular complexity index is 379. The average molecular weight is 264 g/mol. The summed E-state index contributed by atoms with van der Waals surface area (Å²) in [5.74, 6) is 1.92. The third kappa shape index (κ3) is 3.50. The fourth-order valence-electron chi connectivity index (χ4n) is 2.19. The van der Waals surface area contributed by atoms with Crippen molar-refractivity contribution in [2.24, 2.45) is 0 Å². The Balaban J connectivity index is 1.73. The largest absolute Gasteiger partial charge is 0.315 e. The third-order valence-corrected chi connectivity index (χ3v) is 4.96. The van der Waals surface area contributed by atoms with Crippen molar-refractivity contribution in [3.05, 3.63) is 29.8 Å². The minimum atomic E-state index is 0.634. The maximum absolute atomic E-state index is 3.60. The molecule has 0 radical (unpaired) electrons. The van der Waals surface area contributed by atoms with E-state index in [1.165, 1.54) is 16.2 Å². The van der Waals surface area contributed by atoms with E-state index in [-0.39, 0.29) is 0 Å². The molecule has 0 amide bonds. The predicted octanol–water partition coefficient (Wildman–Crippen LogP) is 2.81. The molecule has 2 nitrogen and oxygen atoms in total. The van der Waals surface area contributed by atoms with Gasteiger partial charge < -0.3 is 10.2 Å². The van der Waals surface area contributed by atoms with Crippen LogP contribution in [0.5, 0.6) is 0 Å². The second-order valence-corrected chi connectivity index (χ2v) is 6.39. The fraction of sp³-hybridized carbons (Fsp3) is 0.600. The van der Waals surface area contributed by atoms with E-state index >= 15 is 0 Å². The first-order valence-corrected chi connectivity index (χ1v) is 7.79. The van der Waals surface area contributed by atoms with Crippen molar-refractivity contribution in [2.75, 3.05) is 32.4 Å². The van der Waals surface area contributed by atoms with E-state index in [0.717, 1.165) is 19.6 Å². The lowest BCUT2D eigenvalue weighted by molar-refractivity contribution is 0.273. The summed E-state index contributed by atoms with van der Waals surface area (Å²) in [6, 6.07) is 9.45. The van der Waals surface area contributed by atoms with Crippen LogP contribution in [0.2, 0.25) is 0 Å². The Kier molecular flexibility index (Phi) is 5.10. The molecule has 0 saturated heterocycles. The number of rotatable bonds is 6. The van der Waals surface area contributed by atoms with Crippen LogP contribution >= 0.6 is 11.8 Å². The smallest absolute Gasteiger partial charge is 0.0108 e. The van der Waals surface area contributed by atoms with Crippen molar-refractivity contribution < 1.29 is 0 Å². The average Bonchev–Trinajstić information content (AvgIpc) is 2.77. The highest BCUT2D eigenvalue weighted by Crippen LogP contribution is 2.38. The van der Waals surface area contributed by atoms with Crippen molar-refractivity contribution in [1.82, 2.24) is 10.2 Å². The van der Waals surface area contributed by atoms with Crippen molar-refractivity contribution in [2.45, 2.75) is 30.7 Å². The number of benzene rings is 1. The molecule has 0 spiro atoms. The molecule has 1 aromatic carbocycles. The van der Waals surface area contributed by atoms with Gasteiger partial charge in [-0.3, -0.25) is 0 Å². The first kappa shape index (κ1) is 13.9. The number of thioether (sulfide) groups is 1. The molecule has 1 aromatic rings. The summed E-state index contributed by atoms with van der Waals surface area (Å²) < 4.78 is 0. The topological polar surface area (TPSA) is 15.3 Å². The van der Waals surface area contributed by atoms with Gasteiger partial charge in [0.15, 0.2) is 0 Å². The standard InChI is InChI=1S/C15H24N2S/c1-12(2)17(3)9-8-16-10-13-11-18-15-7-5-4-6-14(13)15/h4-7,12-13,16H,8-11H2,1-3H3. The van der Waals surface area contributed by atoms with Crippen molar-refractivity contribution >= 4 is 11.8 Å². The summed E-state index contributed by atoms with van der Waals surface area (Å²) in [5.41, 5.74) is 1.53. The zero-order valence-corrected chi connectivity index (χ0v) is 12.5. The molecule has 0 bridgehead atoms. The molecule has 1 unspecified atom stereocenters. The normalized spacial score (nSPS) is 18.6. The predicted molar refractivity (Wildman–Crippen MR) is 80.5 cm³/mol. The molecule has 18 heavy (non-hydrogen) atoms. The summed E-state index contributed by atoms with van der Waals surface area (Å²) in [5, 5.41) is 3.60. The molecule has 0 aliphatic carbocycles. The lowest BCUT2D eigenvalue weighted by atomic mass is 10.0. The van der Waals surface area contributed by atoms with E-state index in [1.54, 1.807) is 0 Å². The monoisotopic (exact) mass is 264 g/mol. The zero-order valence-electron chi connectivity index (χ0n) is 11.6. The molecule has 0 saturated carbocycles. The van der Waals surface area contributed by atoms with Gasteiger partial charge in [-0.15, -0.1) is 11.8 Å². The SMILES string of the molecule is CC(C)N(C)CCNCC1CSc2ccccc21. The van der Waals surface area contributed by atoms with Gasteiger partial charge >= 0.3 is 0 Å². The Hall–Kier alpha value is -0.510. The van der Waals surface area contributed by atoms with Gasteiger partial charge in [0.25, 0.3) is 0 Å². The van der Waals surface area contributed by atoms with Crippen LogP contribution in [-0.4, -0.2) is 43.4 Å². The molecule has 3 heteroatoms. The van der Waals surface area contributed by atoms with Gasteiger partial charge in [-0.05, 0) is 32.5 Å². The molecule has 100 valence electrons. The third-order valence-electron chi connectivity index (χ3n) is 3.71. The van der Waals surface area contributed by atoms with Gasteiger partial charge in [0.05, 0.1) is 0 Å². The Labute approximate surface area is 115 Å². The molecule has 1 N–H and O–H groups in total. The molecule has 1 aliphatic heterocycles. The summed E-state index contributed by atoms with van der Waals surface area (Å²) in [7, 11) is 2.19. The van der Waals surface area contributed by atoms with Crippen molar-refractivity contribution in [1.29, 1.82) is 0 Å². The lowest BCUT2D eigenvalue weighted by Crippen LogP contribution is -2.35. The van der Waals surface area contributed by atoms with E-state index in [1.807, 2.05) is 11.8 Å². The number of nitrogens with one attached hydrogen (secondary N) is 1. The number of hydrogen-bond donors (Lipinski definition) is 1. The minimum absolute atomic E-state index is 0.634. The van der Waals surface area contributed by atoms with E-state index in [9.17, 15) is 0 Å². The zero-order chi connectivity index (χ0) is 13.0. The van der Waals surface area contributed by atoms with Crippen LogP contribution in [-0.2, 0) is 0 Å². The first-order chi connectivity index (χ1) is 8.68. The first-order valence-electron chi connectivity index (χ1n) is 6.81. The van der Waals surface area contributed by atoms with Crippen LogP contribution in [0.3, 0.4) is 0 Å². The molecule has 1 heterocycles. The minimum Gasteiger partial charge on any atom is -0.315 e. The van der Waals surface area contributed by atoms with Crippen LogP contribution < -0.4 is 5.32 Å². The Morgan fingerprint density at radius 3 is 2.94 bits per heavy atom. The van der Waals surface area contributed by atoms with Gasteiger partial charge in [-0.2, -0.15) is 0 Å². The quantitative estimate of drug-likeness (QED) is 0.795. The van der Waals surface area contributed by atoms with Crippen LogP contribution in [0.15, 0.2) is 29.2 Å². The van der Waals surface area contributed by atoms with Crippen molar-refractivity contribution in [3.8, 4) is 0 Å². The number of nitrogens with zero attached hydrogens (tertiary/aromatic N) is 1. The molecule has 1 atom stereocenters. The van der Waals surface area contributed by atoms with Gasteiger partial charge in [0.1, 0.15) is 0 Å². The number of likely N-dealkylation sites (N-methyl/N-ethyl adjacent to an activating group) is 1. The van der Waals surface area contributed by atoms with Crippen LogP contribution in [0.1, 0.15) is 25.3 Å². The second-order valence-electron chi connectivity index (χ2n) is 5.32. The van der Waals surface area contributed by atoms with Crippen LogP contribution in [0, 0.1) is 0 Å². The molecule has 0 fully saturated rings. The number of hydrogen-bond acceptors (Lipinski definition) is 3. The van der Waals surface area contributed by atoms with Gasteiger partial charge in [-0.1, -0.05) is 18.2 Å². The van der Waals surface area contributed by atoms with Crippen LogP contribution in [0.4, 0.5) is 0 Å². The van der Waals surface area contributed by atoms with E-state index < -0.39 is 0 Å². The molecule has 2 rings (SSSR count). The number of fused-ring (bicyclic) bond motifs is 1. The van der Waals surface area contributed by atoms with E-state index in [0.29, 0.717) is 12.0 Å². The molecule has 1 aliphatic rings. The highest BCUT2D eigenvalue weighted by molar-refractivity contribution is 7.99. The van der Waals surface area contributed by atoms with E-state index in [4.69, 9.17) is 0 Å².